The molecular weight excluding hydrogens is 342 g/mol. The number of fused-ring (bicyclic) bond motifs is 4. The average Bonchev–Trinajstić information content (AvgIpc) is 3.28. The maximum atomic E-state index is 13.0. The fraction of sp³-hybridized carbons (Fsp3) is 0.143. The third-order valence-electron chi connectivity index (χ3n) is 4.72. The Kier molecular flexibility index (Phi) is 3.43. The van der Waals surface area contributed by atoms with E-state index in [0.29, 0.717) is 0 Å². The number of imidazole rings is 1. The number of hydrogen-bond donors (Lipinski definition) is 0. The highest BCUT2D eigenvalue weighted by molar-refractivity contribution is 7.15. The van der Waals surface area contributed by atoms with Crippen molar-refractivity contribution in [2.45, 2.75) is 19.9 Å². The van der Waals surface area contributed by atoms with E-state index in [4.69, 9.17) is 0 Å². The first-order valence-corrected chi connectivity index (χ1v) is 9.57. The third-order valence-corrected chi connectivity index (χ3v) is 5.68. The van der Waals surface area contributed by atoms with E-state index in [9.17, 15) is 4.79 Å². The lowest BCUT2D eigenvalue weighted by molar-refractivity contribution is 0.703. The van der Waals surface area contributed by atoms with Crippen molar-refractivity contribution in [1.29, 1.82) is 0 Å². The predicted molar refractivity (Wildman–Crippen MR) is 108 cm³/mol. The van der Waals surface area contributed by atoms with Crippen LogP contribution in [0.2, 0.25) is 0 Å². The summed E-state index contributed by atoms with van der Waals surface area (Å²) in [5, 5.41) is 1.18. The van der Waals surface area contributed by atoms with Gasteiger partial charge in [-0.15, -0.1) is 0 Å². The van der Waals surface area contributed by atoms with E-state index in [1.807, 2.05) is 36.4 Å². The summed E-state index contributed by atoms with van der Waals surface area (Å²) in [4.78, 5) is 18.3. The molecule has 3 heterocycles. The number of para-hydroxylation sites is 3. The summed E-state index contributed by atoms with van der Waals surface area (Å²) >= 11 is 1.45. The van der Waals surface area contributed by atoms with E-state index < -0.39 is 0 Å². The van der Waals surface area contributed by atoms with Crippen molar-refractivity contribution in [1.82, 2.24) is 14.0 Å². The Morgan fingerprint density at radius 2 is 1.85 bits per heavy atom. The Bertz CT molecular complexity index is 1370. The average molecular weight is 359 g/mol. The van der Waals surface area contributed by atoms with Gasteiger partial charge in [0.15, 0.2) is 4.96 Å². The molecule has 0 saturated heterocycles. The summed E-state index contributed by atoms with van der Waals surface area (Å²) < 4.78 is 4.70. The molecule has 4 nitrogen and oxygen atoms in total. The van der Waals surface area contributed by atoms with Gasteiger partial charge in [-0.3, -0.25) is 4.79 Å². The fourth-order valence-corrected chi connectivity index (χ4v) is 4.55. The standard InChI is InChI=1S/C21H17N3OS/c1-2-11-23-13-14(15-7-3-5-9-17(15)23)12-19-20(25)24-18-10-6-4-8-16(18)22-21(24)26-19/h3-10,12-13H,2,11H2,1H3. The van der Waals surface area contributed by atoms with Gasteiger partial charge in [0, 0.05) is 29.2 Å². The van der Waals surface area contributed by atoms with Crippen molar-refractivity contribution >= 4 is 44.3 Å². The number of hydrogen-bond acceptors (Lipinski definition) is 3. The van der Waals surface area contributed by atoms with Crippen molar-refractivity contribution in [3.8, 4) is 0 Å². The minimum atomic E-state index is 0.00558. The molecule has 0 bridgehead atoms. The van der Waals surface area contributed by atoms with Crippen molar-refractivity contribution in [3.63, 3.8) is 0 Å². The van der Waals surface area contributed by atoms with E-state index in [0.717, 1.165) is 39.1 Å². The molecule has 0 aliphatic heterocycles. The minimum Gasteiger partial charge on any atom is -0.347 e. The van der Waals surface area contributed by atoms with E-state index >= 15 is 0 Å². The summed E-state index contributed by atoms with van der Waals surface area (Å²) in [6.45, 7) is 3.14. The molecule has 3 aromatic heterocycles. The lowest BCUT2D eigenvalue weighted by Crippen LogP contribution is -2.22. The van der Waals surface area contributed by atoms with Crippen molar-refractivity contribution < 1.29 is 0 Å². The molecule has 0 saturated carbocycles. The van der Waals surface area contributed by atoms with Gasteiger partial charge in [0.05, 0.1) is 15.6 Å². The zero-order valence-electron chi connectivity index (χ0n) is 14.3. The Hall–Kier alpha value is -2.92. The summed E-state index contributed by atoms with van der Waals surface area (Å²) in [6, 6.07) is 16.1. The monoisotopic (exact) mass is 359 g/mol. The van der Waals surface area contributed by atoms with Crippen LogP contribution >= 0.6 is 11.3 Å². The molecule has 0 fully saturated rings. The zero-order valence-corrected chi connectivity index (χ0v) is 15.2. The normalized spacial score (nSPS) is 12.7. The fourth-order valence-electron chi connectivity index (χ4n) is 3.57. The molecule has 0 N–H and O–H groups in total. The maximum absolute atomic E-state index is 13.0. The van der Waals surface area contributed by atoms with Gasteiger partial charge in [-0.1, -0.05) is 48.6 Å². The van der Waals surface area contributed by atoms with Crippen LogP contribution in [0.4, 0.5) is 0 Å². The van der Waals surface area contributed by atoms with Crippen LogP contribution in [0, 0.1) is 0 Å². The summed E-state index contributed by atoms with van der Waals surface area (Å²) in [7, 11) is 0. The largest absolute Gasteiger partial charge is 0.347 e. The minimum absolute atomic E-state index is 0.00558. The molecule has 5 aromatic rings. The lowest BCUT2D eigenvalue weighted by Gasteiger charge is -2.01. The number of benzene rings is 2. The second-order valence-corrected chi connectivity index (χ2v) is 7.44. The van der Waals surface area contributed by atoms with Crippen LogP contribution in [0.3, 0.4) is 0 Å². The second kappa shape index (κ2) is 5.81. The Morgan fingerprint density at radius 1 is 1.08 bits per heavy atom. The van der Waals surface area contributed by atoms with Crippen molar-refractivity contribution in [2.75, 3.05) is 0 Å². The second-order valence-electron chi connectivity index (χ2n) is 6.43. The Morgan fingerprint density at radius 3 is 2.69 bits per heavy atom. The lowest BCUT2D eigenvalue weighted by atomic mass is 10.2. The van der Waals surface area contributed by atoms with Crippen LogP contribution in [0.5, 0.6) is 0 Å². The SMILES string of the molecule is CCCn1cc(C=c2sc3nc4ccccc4n3c2=O)c2ccccc21. The summed E-state index contributed by atoms with van der Waals surface area (Å²) in [5.74, 6) is 0. The van der Waals surface area contributed by atoms with Crippen LogP contribution in [0.25, 0.3) is 33.0 Å². The van der Waals surface area contributed by atoms with E-state index in [2.05, 4.69) is 40.9 Å². The third kappa shape index (κ3) is 2.21. The number of aromatic nitrogens is 3. The first kappa shape index (κ1) is 15.3. The number of thiazole rings is 1. The number of rotatable bonds is 3. The molecule has 0 atom stereocenters. The summed E-state index contributed by atoms with van der Waals surface area (Å²) in [6.07, 6.45) is 5.23. The Balaban J connectivity index is 1.78. The topological polar surface area (TPSA) is 39.3 Å². The molecule has 5 heteroatoms. The smallest absolute Gasteiger partial charge is 0.274 e. The van der Waals surface area contributed by atoms with Gasteiger partial charge < -0.3 is 4.57 Å². The molecule has 0 unspecified atom stereocenters. The van der Waals surface area contributed by atoms with Gasteiger partial charge in [0.1, 0.15) is 0 Å². The first-order valence-electron chi connectivity index (χ1n) is 8.76. The maximum Gasteiger partial charge on any atom is 0.274 e. The number of nitrogens with zero attached hydrogens (tertiary/aromatic N) is 3. The molecule has 0 aliphatic carbocycles. The van der Waals surface area contributed by atoms with Gasteiger partial charge in [-0.2, -0.15) is 0 Å². The van der Waals surface area contributed by atoms with Gasteiger partial charge >= 0.3 is 0 Å². The van der Waals surface area contributed by atoms with Gasteiger partial charge in [0.2, 0.25) is 0 Å². The van der Waals surface area contributed by atoms with Gasteiger partial charge in [-0.25, -0.2) is 9.38 Å². The molecule has 0 radical (unpaired) electrons. The molecule has 0 aliphatic rings. The van der Waals surface area contributed by atoms with Crippen molar-refractivity contribution in [3.05, 3.63) is 75.2 Å². The first-order chi connectivity index (χ1) is 12.8. The summed E-state index contributed by atoms with van der Waals surface area (Å²) in [5.41, 5.74) is 4.03. The molecular formula is C21H17N3OS. The van der Waals surface area contributed by atoms with Crippen LogP contribution in [-0.2, 0) is 6.54 Å². The van der Waals surface area contributed by atoms with Gasteiger partial charge in [0.25, 0.3) is 5.56 Å². The van der Waals surface area contributed by atoms with E-state index in [1.54, 1.807) is 4.40 Å². The van der Waals surface area contributed by atoms with E-state index in [-0.39, 0.29) is 5.56 Å². The van der Waals surface area contributed by atoms with Crippen LogP contribution < -0.4 is 10.1 Å². The zero-order chi connectivity index (χ0) is 17.7. The highest BCUT2D eigenvalue weighted by atomic mass is 32.1. The molecule has 5 rings (SSSR count). The highest BCUT2D eigenvalue weighted by Gasteiger charge is 2.12. The Labute approximate surface area is 153 Å². The highest BCUT2D eigenvalue weighted by Crippen LogP contribution is 2.22. The molecule has 0 spiro atoms. The van der Waals surface area contributed by atoms with E-state index in [1.165, 1.54) is 22.2 Å². The van der Waals surface area contributed by atoms with Crippen LogP contribution in [0.1, 0.15) is 18.9 Å². The van der Waals surface area contributed by atoms with Crippen molar-refractivity contribution in [2.24, 2.45) is 0 Å². The molecule has 0 amide bonds. The molecule has 26 heavy (non-hydrogen) atoms. The van der Waals surface area contributed by atoms with Gasteiger partial charge in [-0.05, 0) is 30.7 Å². The quantitative estimate of drug-likeness (QED) is 0.491. The van der Waals surface area contributed by atoms with Crippen LogP contribution in [-0.4, -0.2) is 14.0 Å². The molecule has 2 aromatic carbocycles. The number of aryl methyl sites for hydroxylation is 1. The predicted octanol–water partition coefficient (Wildman–Crippen LogP) is 3.82. The van der Waals surface area contributed by atoms with Crippen LogP contribution in [0.15, 0.2) is 59.5 Å². The molecule has 128 valence electrons.